The Hall–Kier alpha value is -3.63. The number of nitrogens with one attached hydrogen (secondary N) is 1. The van der Waals surface area contributed by atoms with Crippen molar-refractivity contribution in [2.75, 3.05) is 5.32 Å². The molecule has 0 spiro atoms. The summed E-state index contributed by atoms with van der Waals surface area (Å²) < 4.78 is 0. The number of aromatic nitrogens is 1. The normalized spacial score (nSPS) is 11.3. The largest absolute Gasteiger partial charge is 0.504 e. The number of nitriles is 1. The lowest BCUT2D eigenvalue weighted by Gasteiger charge is -2.05. The van der Waals surface area contributed by atoms with Crippen LogP contribution in [-0.2, 0) is 4.79 Å². The molecule has 1 amide bonds. The van der Waals surface area contributed by atoms with Gasteiger partial charge in [0.2, 0.25) is 0 Å². The molecule has 0 radical (unpaired) electrons. The Morgan fingerprint density at radius 2 is 1.90 bits per heavy atom. The van der Waals surface area contributed by atoms with Crippen LogP contribution in [-0.4, -0.2) is 21.1 Å². The van der Waals surface area contributed by atoms with E-state index in [-0.39, 0.29) is 17.1 Å². The Morgan fingerprint density at radius 1 is 1.17 bits per heavy atom. The fourth-order valence-electron chi connectivity index (χ4n) is 2.61. The van der Waals surface area contributed by atoms with Crippen LogP contribution >= 0.6 is 11.3 Å². The van der Waals surface area contributed by atoms with Crippen LogP contribution in [0.4, 0.5) is 5.13 Å². The molecule has 146 valence electrons. The van der Waals surface area contributed by atoms with Gasteiger partial charge in [-0.25, -0.2) is 4.98 Å². The maximum Gasteiger partial charge on any atom is 0.268 e. The van der Waals surface area contributed by atoms with E-state index in [1.807, 2.05) is 23.6 Å². The Bertz CT molecular complexity index is 1110. The van der Waals surface area contributed by atoms with Gasteiger partial charge >= 0.3 is 0 Å². The van der Waals surface area contributed by atoms with Crippen molar-refractivity contribution in [3.63, 3.8) is 0 Å². The number of hydrogen-bond acceptors (Lipinski definition) is 6. The molecule has 3 N–H and O–H groups in total. The summed E-state index contributed by atoms with van der Waals surface area (Å²) in [7, 11) is 0. The molecule has 0 bridgehead atoms. The number of phenols is 2. The zero-order chi connectivity index (χ0) is 21.0. The molecule has 0 aliphatic rings. The van der Waals surface area contributed by atoms with E-state index in [9.17, 15) is 20.3 Å². The lowest BCUT2D eigenvalue weighted by atomic mass is 10.0. The van der Waals surface area contributed by atoms with Crippen LogP contribution in [0.5, 0.6) is 11.5 Å². The van der Waals surface area contributed by atoms with Crippen molar-refractivity contribution in [3.05, 3.63) is 64.5 Å². The van der Waals surface area contributed by atoms with Gasteiger partial charge in [0.25, 0.3) is 5.91 Å². The molecule has 2 aromatic carbocycles. The first-order valence-electron chi connectivity index (χ1n) is 8.88. The van der Waals surface area contributed by atoms with Crippen molar-refractivity contribution in [2.24, 2.45) is 0 Å². The maximum atomic E-state index is 12.4. The van der Waals surface area contributed by atoms with E-state index >= 15 is 0 Å². The Balaban J connectivity index is 1.75. The number of hydrogen-bond donors (Lipinski definition) is 3. The van der Waals surface area contributed by atoms with E-state index in [1.165, 1.54) is 41.2 Å². The van der Waals surface area contributed by atoms with Crippen LogP contribution in [0.1, 0.15) is 30.9 Å². The quantitative estimate of drug-likeness (QED) is 0.318. The molecule has 1 aromatic heterocycles. The molecule has 7 heteroatoms. The summed E-state index contributed by atoms with van der Waals surface area (Å²) in [6.45, 7) is 4.26. The van der Waals surface area contributed by atoms with Gasteiger partial charge in [-0.05, 0) is 35.3 Å². The van der Waals surface area contributed by atoms with E-state index in [0.29, 0.717) is 16.6 Å². The smallest absolute Gasteiger partial charge is 0.268 e. The van der Waals surface area contributed by atoms with E-state index in [4.69, 9.17) is 0 Å². The molecule has 3 aromatic rings. The predicted molar refractivity (Wildman–Crippen MR) is 114 cm³/mol. The number of carbonyl (C=O) groups excluding carboxylic acids is 1. The average Bonchev–Trinajstić information content (AvgIpc) is 3.17. The summed E-state index contributed by atoms with van der Waals surface area (Å²) in [5.41, 5.74) is 3.19. The molecular weight excluding hydrogens is 386 g/mol. The van der Waals surface area contributed by atoms with Crippen LogP contribution in [0.15, 0.2) is 53.4 Å². The van der Waals surface area contributed by atoms with Gasteiger partial charge in [-0.1, -0.05) is 44.2 Å². The Kier molecular flexibility index (Phi) is 5.96. The molecule has 0 atom stereocenters. The molecule has 0 aliphatic carbocycles. The number of thiazole rings is 1. The van der Waals surface area contributed by atoms with Crippen molar-refractivity contribution in [1.29, 1.82) is 5.26 Å². The molecule has 29 heavy (non-hydrogen) atoms. The highest BCUT2D eigenvalue weighted by molar-refractivity contribution is 7.14. The molecule has 0 fully saturated rings. The molecule has 0 aliphatic heterocycles. The van der Waals surface area contributed by atoms with Crippen molar-refractivity contribution in [1.82, 2.24) is 4.98 Å². The molecule has 0 saturated carbocycles. The molecular formula is C22H19N3O3S. The number of rotatable bonds is 5. The third-order valence-electron chi connectivity index (χ3n) is 4.27. The Morgan fingerprint density at radius 3 is 2.52 bits per heavy atom. The lowest BCUT2D eigenvalue weighted by Crippen LogP contribution is -2.13. The van der Waals surface area contributed by atoms with Crippen LogP contribution in [0, 0.1) is 11.3 Å². The van der Waals surface area contributed by atoms with Crippen molar-refractivity contribution in [2.45, 2.75) is 19.8 Å². The monoisotopic (exact) mass is 405 g/mol. The van der Waals surface area contributed by atoms with Crippen LogP contribution in [0.3, 0.4) is 0 Å². The van der Waals surface area contributed by atoms with Crippen LogP contribution in [0.25, 0.3) is 17.3 Å². The SMILES string of the molecule is CC(C)c1ccc(-c2csc(NC(=O)/C(C#N)=C/c3ccc(O)c(O)c3)n2)cc1. The van der Waals surface area contributed by atoms with E-state index < -0.39 is 5.91 Å². The number of anilines is 1. The van der Waals surface area contributed by atoms with Crippen molar-refractivity contribution in [3.8, 4) is 28.8 Å². The standard InChI is InChI=1S/C22H19N3O3S/c1-13(2)15-4-6-16(7-5-15)18-12-29-22(24-18)25-21(28)17(11-23)9-14-3-8-19(26)20(27)10-14/h3-10,12-13,26-27H,1-2H3,(H,24,25,28)/b17-9+. The highest BCUT2D eigenvalue weighted by Crippen LogP contribution is 2.28. The summed E-state index contributed by atoms with van der Waals surface area (Å²) in [6.07, 6.45) is 1.33. The fraction of sp³-hybridized carbons (Fsp3) is 0.136. The number of nitrogens with zero attached hydrogens (tertiary/aromatic N) is 2. The van der Waals surface area contributed by atoms with Crippen molar-refractivity contribution >= 4 is 28.5 Å². The summed E-state index contributed by atoms with van der Waals surface area (Å²) in [6, 6.07) is 14.0. The molecule has 0 saturated heterocycles. The highest BCUT2D eigenvalue weighted by atomic mass is 32.1. The fourth-order valence-corrected chi connectivity index (χ4v) is 3.33. The third kappa shape index (κ3) is 4.81. The zero-order valence-corrected chi connectivity index (χ0v) is 16.7. The predicted octanol–water partition coefficient (Wildman–Crippen LogP) is 4.89. The average molecular weight is 405 g/mol. The van der Waals surface area contributed by atoms with Crippen molar-refractivity contribution < 1.29 is 15.0 Å². The molecule has 6 nitrogen and oxygen atoms in total. The summed E-state index contributed by atoms with van der Waals surface area (Å²) >= 11 is 1.27. The lowest BCUT2D eigenvalue weighted by molar-refractivity contribution is -0.112. The van der Waals surface area contributed by atoms with E-state index in [1.54, 1.807) is 0 Å². The zero-order valence-electron chi connectivity index (χ0n) is 15.9. The number of amides is 1. The maximum absolute atomic E-state index is 12.4. The third-order valence-corrected chi connectivity index (χ3v) is 5.03. The highest BCUT2D eigenvalue weighted by Gasteiger charge is 2.13. The second kappa shape index (κ2) is 8.59. The second-order valence-corrected chi connectivity index (χ2v) is 7.54. The molecule has 1 heterocycles. The van der Waals surface area contributed by atoms with Gasteiger partial charge < -0.3 is 10.2 Å². The minimum absolute atomic E-state index is 0.145. The summed E-state index contributed by atoms with van der Waals surface area (Å²) in [5, 5.41) is 33.1. The summed E-state index contributed by atoms with van der Waals surface area (Å²) in [5.74, 6) is -0.761. The Labute approximate surface area is 172 Å². The van der Waals surface area contributed by atoms with Gasteiger partial charge in [-0.2, -0.15) is 5.26 Å². The van der Waals surface area contributed by atoms with Crippen LogP contribution < -0.4 is 5.32 Å². The van der Waals surface area contributed by atoms with Gasteiger partial charge in [0.05, 0.1) is 5.69 Å². The first-order valence-corrected chi connectivity index (χ1v) is 9.76. The summed E-state index contributed by atoms with van der Waals surface area (Å²) in [4.78, 5) is 16.8. The van der Waals surface area contributed by atoms with Gasteiger partial charge in [-0.15, -0.1) is 11.3 Å². The van der Waals surface area contributed by atoms with Gasteiger partial charge in [0.1, 0.15) is 11.6 Å². The van der Waals surface area contributed by atoms with E-state index in [0.717, 1.165) is 11.3 Å². The second-order valence-electron chi connectivity index (χ2n) is 6.69. The molecule has 3 rings (SSSR count). The first-order chi connectivity index (χ1) is 13.9. The number of aromatic hydroxyl groups is 2. The minimum Gasteiger partial charge on any atom is -0.504 e. The number of carbonyl (C=O) groups is 1. The van der Waals surface area contributed by atoms with E-state index in [2.05, 4.69) is 36.3 Å². The molecule has 0 unspecified atom stereocenters. The van der Waals surface area contributed by atoms with Gasteiger partial charge in [0, 0.05) is 10.9 Å². The number of phenolic OH excluding ortho intramolecular Hbond substituents is 2. The van der Waals surface area contributed by atoms with Gasteiger partial charge in [0.15, 0.2) is 16.6 Å². The number of benzene rings is 2. The van der Waals surface area contributed by atoms with Gasteiger partial charge in [-0.3, -0.25) is 10.1 Å². The minimum atomic E-state index is -0.601. The topological polar surface area (TPSA) is 106 Å². The van der Waals surface area contributed by atoms with Crippen LogP contribution in [0.2, 0.25) is 0 Å². The first kappa shape index (κ1) is 20.1.